The second-order valence-corrected chi connectivity index (χ2v) is 8.67. The van der Waals surface area contributed by atoms with Gasteiger partial charge in [0.1, 0.15) is 0 Å². The highest BCUT2D eigenvalue weighted by molar-refractivity contribution is 7.16. The monoisotopic (exact) mass is 428 g/mol. The smallest absolute Gasteiger partial charge is 0.255 e. The lowest BCUT2D eigenvalue weighted by atomic mass is 10.1. The summed E-state index contributed by atoms with van der Waals surface area (Å²) in [5, 5.41) is 3.00. The summed E-state index contributed by atoms with van der Waals surface area (Å²) in [5.74, 6) is -0.0995. The molecule has 2 heterocycles. The number of nitrogens with one attached hydrogen (secondary N) is 1. The second-order valence-electron chi connectivity index (χ2n) is 7.78. The van der Waals surface area contributed by atoms with Crippen LogP contribution in [0.3, 0.4) is 0 Å². The van der Waals surface area contributed by atoms with E-state index in [-0.39, 0.29) is 5.91 Å². The number of carbonyl (C=O) groups is 1. The Bertz CT molecular complexity index is 1170. The molecule has 0 bridgehead atoms. The Hall–Kier alpha value is -3.22. The van der Waals surface area contributed by atoms with Crippen molar-refractivity contribution in [2.24, 2.45) is 0 Å². The fourth-order valence-electron chi connectivity index (χ4n) is 3.96. The number of benzene rings is 3. The standard InChI is InChI=1S/C25H24N4OS/c30-25(20-6-11-23-24(16-20)31-18-26-23)27-21-7-9-22(10-8-21)29-14-12-28(13-15-29)17-19-4-2-1-3-5-19/h1-11,16,18H,12-15,17H2,(H,27,30). The van der Waals surface area contributed by atoms with Gasteiger partial charge in [-0.05, 0) is 48.0 Å². The third-order valence-corrected chi connectivity index (χ3v) is 6.50. The molecule has 1 saturated heterocycles. The zero-order chi connectivity index (χ0) is 21.0. The summed E-state index contributed by atoms with van der Waals surface area (Å²) in [7, 11) is 0. The lowest BCUT2D eigenvalue weighted by molar-refractivity contribution is 0.102. The van der Waals surface area contributed by atoms with Gasteiger partial charge in [0.05, 0.1) is 15.7 Å². The molecule has 3 aromatic carbocycles. The Morgan fingerprint density at radius 3 is 2.48 bits per heavy atom. The van der Waals surface area contributed by atoms with Crippen molar-refractivity contribution in [1.29, 1.82) is 0 Å². The number of carbonyl (C=O) groups excluding carboxylic acids is 1. The Labute approximate surface area is 186 Å². The summed E-state index contributed by atoms with van der Waals surface area (Å²) in [6.45, 7) is 5.12. The topological polar surface area (TPSA) is 48.5 Å². The predicted molar refractivity (Wildman–Crippen MR) is 128 cm³/mol. The molecule has 0 spiro atoms. The molecule has 1 N–H and O–H groups in total. The summed E-state index contributed by atoms with van der Waals surface area (Å²) in [6, 6.07) is 24.4. The molecule has 5 rings (SSSR count). The summed E-state index contributed by atoms with van der Waals surface area (Å²) in [5.41, 5.74) is 6.74. The van der Waals surface area contributed by atoms with Crippen molar-refractivity contribution in [1.82, 2.24) is 9.88 Å². The van der Waals surface area contributed by atoms with Crippen LogP contribution >= 0.6 is 11.3 Å². The molecular formula is C25H24N4OS. The number of hydrogen-bond acceptors (Lipinski definition) is 5. The largest absolute Gasteiger partial charge is 0.369 e. The maximum Gasteiger partial charge on any atom is 0.255 e. The van der Waals surface area contributed by atoms with Crippen molar-refractivity contribution >= 4 is 38.8 Å². The van der Waals surface area contributed by atoms with Crippen molar-refractivity contribution < 1.29 is 4.79 Å². The SMILES string of the molecule is O=C(Nc1ccc(N2CCN(Cc3ccccc3)CC2)cc1)c1ccc2ncsc2c1. The van der Waals surface area contributed by atoms with E-state index in [4.69, 9.17) is 0 Å². The molecular weight excluding hydrogens is 404 g/mol. The van der Waals surface area contributed by atoms with Gasteiger partial charge >= 0.3 is 0 Å². The minimum atomic E-state index is -0.0995. The van der Waals surface area contributed by atoms with Crippen molar-refractivity contribution in [2.75, 3.05) is 36.4 Å². The fraction of sp³-hybridized carbons (Fsp3) is 0.200. The van der Waals surface area contributed by atoms with Crippen LogP contribution in [-0.2, 0) is 6.54 Å². The van der Waals surface area contributed by atoms with E-state index in [0.717, 1.165) is 48.6 Å². The average Bonchev–Trinajstić information content (AvgIpc) is 3.29. The first kappa shape index (κ1) is 19.7. The van der Waals surface area contributed by atoms with E-state index in [2.05, 4.69) is 62.6 Å². The molecule has 156 valence electrons. The summed E-state index contributed by atoms with van der Waals surface area (Å²) >= 11 is 1.54. The fourth-order valence-corrected chi connectivity index (χ4v) is 4.68. The number of amides is 1. The lowest BCUT2D eigenvalue weighted by Crippen LogP contribution is -2.45. The Kier molecular flexibility index (Phi) is 5.65. The Morgan fingerprint density at radius 1 is 0.935 bits per heavy atom. The molecule has 31 heavy (non-hydrogen) atoms. The van der Waals surface area contributed by atoms with Gasteiger partial charge in [-0.15, -0.1) is 11.3 Å². The van der Waals surface area contributed by atoms with Crippen LogP contribution in [0.4, 0.5) is 11.4 Å². The van der Waals surface area contributed by atoms with E-state index in [1.54, 1.807) is 16.8 Å². The van der Waals surface area contributed by atoms with Gasteiger partial charge in [-0.3, -0.25) is 9.69 Å². The van der Waals surface area contributed by atoms with Crippen LogP contribution in [-0.4, -0.2) is 42.0 Å². The molecule has 1 aromatic heterocycles. The third kappa shape index (κ3) is 4.60. The molecule has 0 radical (unpaired) electrons. The van der Waals surface area contributed by atoms with Crippen LogP contribution in [0.5, 0.6) is 0 Å². The lowest BCUT2D eigenvalue weighted by Gasteiger charge is -2.36. The molecule has 0 atom stereocenters. The quantitative estimate of drug-likeness (QED) is 0.493. The zero-order valence-corrected chi connectivity index (χ0v) is 18.0. The van der Waals surface area contributed by atoms with Gasteiger partial charge in [0, 0.05) is 49.7 Å². The van der Waals surface area contributed by atoms with Crippen molar-refractivity contribution in [3.8, 4) is 0 Å². The number of hydrogen-bond donors (Lipinski definition) is 1. The first-order chi connectivity index (χ1) is 15.2. The maximum absolute atomic E-state index is 12.6. The van der Waals surface area contributed by atoms with Crippen molar-refractivity contribution in [3.05, 3.63) is 89.4 Å². The summed E-state index contributed by atoms with van der Waals surface area (Å²) < 4.78 is 1.02. The molecule has 0 unspecified atom stereocenters. The first-order valence-corrected chi connectivity index (χ1v) is 11.4. The Balaban J connectivity index is 1.17. The van der Waals surface area contributed by atoms with Crippen LogP contribution in [0, 0.1) is 0 Å². The number of thiazole rings is 1. The van der Waals surface area contributed by atoms with Crippen LogP contribution < -0.4 is 10.2 Å². The average molecular weight is 429 g/mol. The number of nitrogens with zero attached hydrogens (tertiary/aromatic N) is 3. The number of anilines is 2. The van der Waals surface area contributed by atoms with Gasteiger partial charge in [-0.25, -0.2) is 4.98 Å². The predicted octanol–water partition coefficient (Wildman–Crippen LogP) is 4.87. The van der Waals surface area contributed by atoms with Gasteiger partial charge in [0.2, 0.25) is 0 Å². The molecule has 1 amide bonds. The molecule has 1 fully saturated rings. The minimum absolute atomic E-state index is 0.0995. The summed E-state index contributed by atoms with van der Waals surface area (Å²) in [6.07, 6.45) is 0. The van der Waals surface area contributed by atoms with E-state index in [0.29, 0.717) is 5.56 Å². The number of piperazine rings is 1. The van der Waals surface area contributed by atoms with E-state index in [1.165, 1.54) is 11.3 Å². The zero-order valence-electron chi connectivity index (χ0n) is 17.2. The molecule has 0 aliphatic carbocycles. The Morgan fingerprint density at radius 2 is 1.71 bits per heavy atom. The van der Waals surface area contributed by atoms with Crippen LogP contribution in [0.1, 0.15) is 15.9 Å². The number of aromatic nitrogens is 1. The van der Waals surface area contributed by atoms with Gasteiger partial charge < -0.3 is 10.2 Å². The van der Waals surface area contributed by atoms with E-state index in [9.17, 15) is 4.79 Å². The highest BCUT2D eigenvalue weighted by Gasteiger charge is 2.17. The summed E-state index contributed by atoms with van der Waals surface area (Å²) in [4.78, 5) is 21.8. The highest BCUT2D eigenvalue weighted by Crippen LogP contribution is 2.22. The number of fused-ring (bicyclic) bond motifs is 1. The van der Waals surface area contributed by atoms with Crippen LogP contribution in [0.15, 0.2) is 78.3 Å². The van der Waals surface area contributed by atoms with Gasteiger partial charge in [0.15, 0.2) is 0 Å². The van der Waals surface area contributed by atoms with Crippen LogP contribution in [0.25, 0.3) is 10.2 Å². The van der Waals surface area contributed by atoms with Crippen molar-refractivity contribution in [2.45, 2.75) is 6.54 Å². The van der Waals surface area contributed by atoms with E-state index in [1.807, 2.05) is 30.3 Å². The highest BCUT2D eigenvalue weighted by atomic mass is 32.1. The van der Waals surface area contributed by atoms with Gasteiger partial charge in [-0.2, -0.15) is 0 Å². The second kappa shape index (κ2) is 8.88. The van der Waals surface area contributed by atoms with E-state index >= 15 is 0 Å². The number of rotatable bonds is 5. The minimum Gasteiger partial charge on any atom is -0.369 e. The molecule has 1 aliphatic heterocycles. The van der Waals surface area contributed by atoms with Gasteiger partial charge in [0.25, 0.3) is 5.91 Å². The first-order valence-electron chi connectivity index (χ1n) is 10.5. The third-order valence-electron chi connectivity index (χ3n) is 5.71. The molecule has 1 aliphatic rings. The van der Waals surface area contributed by atoms with Crippen LogP contribution in [0.2, 0.25) is 0 Å². The molecule has 5 nitrogen and oxygen atoms in total. The van der Waals surface area contributed by atoms with Gasteiger partial charge in [-0.1, -0.05) is 30.3 Å². The maximum atomic E-state index is 12.6. The molecule has 0 saturated carbocycles. The van der Waals surface area contributed by atoms with E-state index < -0.39 is 0 Å². The van der Waals surface area contributed by atoms with Crippen molar-refractivity contribution in [3.63, 3.8) is 0 Å². The normalized spacial score (nSPS) is 14.6. The molecule has 6 heteroatoms. The molecule has 4 aromatic rings.